The lowest BCUT2D eigenvalue weighted by Crippen LogP contribution is -2.40. The van der Waals surface area contributed by atoms with E-state index in [0.29, 0.717) is 18.0 Å². The largest absolute Gasteiger partial charge is 0.338 e. The molecule has 1 amide bonds. The van der Waals surface area contributed by atoms with Gasteiger partial charge in [-0.25, -0.2) is 4.98 Å². The standard InChI is InChI=1S/C17H19FN2OS/c1-12-15(17(21)20-9-5-6-13(10-18)11-20)22-16(19-12)14-7-3-2-4-8-14/h2-4,7-8,13H,5-6,9-11H2,1H3. The monoisotopic (exact) mass is 318 g/mol. The van der Waals surface area contributed by atoms with Crippen LogP contribution in [0.25, 0.3) is 10.6 Å². The fraction of sp³-hybridized carbons (Fsp3) is 0.412. The highest BCUT2D eigenvalue weighted by Gasteiger charge is 2.27. The van der Waals surface area contributed by atoms with Gasteiger partial charge in [0, 0.05) is 24.6 Å². The van der Waals surface area contributed by atoms with E-state index in [0.717, 1.165) is 29.1 Å². The minimum Gasteiger partial charge on any atom is -0.338 e. The number of halogens is 1. The molecule has 1 aliphatic rings. The number of thiazole rings is 1. The van der Waals surface area contributed by atoms with Crippen molar-refractivity contribution in [1.82, 2.24) is 9.88 Å². The van der Waals surface area contributed by atoms with Gasteiger partial charge < -0.3 is 4.90 Å². The number of carbonyl (C=O) groups is 1. The number of hydrogen-bond acceptors (Lipinski definition) is 3. The Labute approximate surface area is 133 Å². The van der Waals surface area contributed by atoms with Gasteiger partial charge in [0.05, 0.1) is 12.4 Å². The predicted molar refractivity (Wildman–Crippen MR) is 86.9 cm³/mol. The summed E-state index contributed by atoms with van der Waals surface area (Å²) in [5.41, 5.74) is 1.78. The molecule has 5 heteroatoms. The molecule has 2 aromatic rings. The van der Waals surface area contributed by atoms with Crippen LogP contribution in [0.4, 0.5) is 4.39 Å². The Kier molecular flexibility index (Phi) is 4.52. The average molecular weight is 318 g/mol. The number of hydrogen-bond donors (Lipinski definition) is 0. The molecule has 1 fully saturated rings. The van der Waals surface area contributed by atoms with Gasteiger partial charge >= 0.3 is 0 Å². The lowest BCUT2D eigenvalue weighted by Gasteiger charge is -2.31. The third-order valence-electron chi connectivity index (χ3n) is 4.04. The molecule has 0 aliphatic carbocycles. The first-order valence-electron chi connectivity index (χ1n) is 7.57. The second-order valence-electron chi connectivity index (χ2n) is 5.71. The van der Waals surface area contributed by atoms with E-state index >= 15 is 0 Å². The number of aromatic nitrogens is 1. The minimum absolute atomic E-state index is 0.00432. The molecule has 1 aromatic carbocycles. The van der Waals surface area contributed by atoms with Crippen LogP contribution in [0, 0.1) is 12.8 Å². The fourth-order valence-corrected chi connectivity index (χ4v) is 3.86. The Hall–Kier alpha value is -1.75. The highest BCUT2D eigenvalue weighted by Crippen LogP contribution is 2.29. The first-order chi connectivity index (χ1) is 10.7. The number of alkyl halides is 1. The molecule has 0 radical (unpaired) electrons. The summed E-state index contributed by atoms with van der Waals surface area (Å²) in [5, 5.41) is 0.862. The number of nitrogens with zero attached hydrogens (tertiary/aromatic N) is 2. The number of amides is 1. The topological polar surface area (TPSA) is 33.2 Å². The second-order valence-corrected chi connectivity index (χ2v) is 6.71. The average Bonchev–Trinajstić information content (AvgIpc) is 2.97. The fourth-order valence-electron chi connectivity index (χ4n) is 2.82. The first kappa shape index (κ1) is 15.2. The van der Waals surface area contributed by atoms with Crippen molar-refractivity contribution in [2.75, 3.05) is 19.8 Å². The summed E-state index contributed by atoms with van der Waals surface area (Å²) in [6, 6.07) is 9.87. The molecule has 1 saturated heterocycles. The molecule has 0 saturated carbocycles. The van der Waals surface area contributed by atoms with E-state index in [4.69, 9.17) is 0 Å². The van der Waals surface area contributed by atoms with Gasteiger partial charge in [-0.05, 0) is 19.8 Å². The predicted octanol–water partition coefficient (Wildman–Crippen LogP) is 3.94. The van der Waals surface area contributed by atoms with E-state index in [1.54, 1.807) is 4.90 Å². The normalized spacial score (nSPS) is 18.5. The molecule has 1 aliphatic heterocycles. The zero-order valence-electron chi connectivity index (χ0n) is 12.6. The van der Waals surface area contributed by atoms with E-state index in [-0.39, 0.29) is 18.5 Å². The zero-order chi connectivity index (χ0) is 15.5. The summed E-state index contributed by atoms with van der Waals surface area (Å²) in [5.74, 6) is -0.0187. The maximum atomic E-state index is 12.9. The van der Waals surface area contributed by atoms with Crippen molar-refractivity contribution in [3.63, 3.8) is 0 Å². The quantitative estimate of drug-likeness (QED) is 0.859. The Bertz CT molecular complexity index is 656. The number of piperidine rings is 1. The van der Waals surface area contributed by atoms with E-state index < -0.39 is 0 Å². The molecular weight excluding hydrogens is 299 g/mol. The van der Waals surface area contributed by atoms with Gasteiger partial charge in [-0.1, -0.05) is 30.3 Å². The van der Waals surface area contributed by atoms with Gasteiger partial charge in [0.15, 0.2) is 0 Å². The maximum absolute atomic E-state index is 12.9. The molecule has 22 heavy (non-hydrogen) atoms. The van der Waals surface area contributed by atoms with Gasteiger partial charge in [0.25, 0.3) is 5.91 Å². The van der Waals surface area contributed by atoms with E-state index in [2.05, 4.69) is 4.98 Å². The smallest absolute Gasteiger partial charge is 0.265 e. The van der Waals surface area contributed by atoms with Crippen LogP contribution in [-0.2, 0) is 0 Å². The van der Waals surface area contributed by atoms with Gasteiger partial charge in [0.2, 0.25) is 0 Å². The van der Waals surface area contributed by atoms with Crippen molar-refractivity contribution in [3.05, 3.63) is 40.9 Å². The number of likely N-dealkylation sites (tertiary alicyclic amines) is 1. The number of aryl methyl sites for hydroxylation is 1. The first-order valence-corrected chi connectivity index (χ1v) is 8.38. The molecule has 3 nitrogen and oxygen atoms in total. The minimum atomic E-state index is -0.347. The zero-order valence-corrected chi connectivity index (χ0v) is 13.4. The van der Waals surface area contributed by atoms with Crippen LogP contribution in [0.2, 0.25) is 0 Å². The molecule has 116 valence electrons. The summed E-state index contributed by atoms with van der Waals surface area (Å²) in [4.78, 5) is 19.7. The summed E-state index contributed by atoms with van der Waals surface area (Å²) >= 11 is 1.43. The van der Waals surface area contributed by atoms with E-state index in [9.17, 15) is 9.18 Å². The van der Waals surface area contributed by atoms with Crippen LogP contribution in [0.5, 0.6) is 0 Å². The molecule has 1 aromatic heterocycles. The van der Waals surface area contributed by atoms with Crippen molar-refractivity contribution in [2.45, 2.75) is 19.8 Å². The summed E-state index contributed by atoms with van der Waals surface area (Å²) in [7, 11) is 0. The highest BCUT2D eigenvalue weighted by molar-refractivity contribution is 7.17. The van der Waals surface area contributed by atoms with Gasteiger partial charge in [-0.3, -0.25) is 9.18 Å². The lowest BCUT2D eigenvalue weighted by molar-refractivity contribution is 0.0660. The van der Waals surface area contributed by atoms with Crippen LogP contribution >= 0.6 is 11.3 Å². The number of carbonyl (C=O) groups excluding carboxylic acids is 1. The summed E-state index contributed by atoms with van der Waals surface area (Å²) in [6.45, 7) is 2.76. The summed E-state index contributed by atoms with van der Waals surface area (Å²) in [6.07, 6.45) is 1.75. The van der Waals surface area contributed by atoms with Crippen molar-refractivity contribution in [2.24, 2.45) is 5.92 Å². The lowest BCUT2D eigenvalue weighted by atomic mass is 9.99. The van der Waals surface area contributed by atoms with E-state index in [1.165, 1.54) is 11.3 Å². The van der Waals surface area contributed by atoms with Crippen LogP contribution < -0.4 is 0 Å². The number of rotatable bonds is 3. The van der Waals surface area contributed by atoms with Crippen LogP contribution in [0.3, 0.4) is 0 Å². The maximum Gasteiger partial charge on any atom is 0.265 e. The molecule has 0 spiro atoms. The third-order valence-corrected chi connectivity index (χ3v) is 5.23. The van der Waals surface area contributed by atoms with Crippen LogP contribution in [0.1, 0.15) is 28.2 Å². The molecule has 1 unspecified atom stereocenters. The molecule has 3 rings (SSSR count). The molecule has 0 N–H and O–H groups in total. The van der Waals surface area contributed by atoms with Gasteiger partial charge in [0.1, 0.15) is 9.88 Å². The van der Waals surface area contributed by atoms with Crippen LogP contribution in [0.15, 0.2) is 30.3 Å². The second kappa shape index (κ2) is 6.57. The SMILES string of the molecule is Cc1nc(-c2ccccc2)sc1C(=O)N1CCCC(CF)C1. The molecule has 0 bridgehead atoms. The highest BCUT2D eigenvalue weighted by atomic mass is 32.1. The van der Waals surface area contributed by atoms with Crippen molar-refractivity contribution in [3.8, 4) is 10.6 Å². The van der Waals surface area contributed by atoms with E-state index in [1.807, 2.05) is 37.3 Å². The Balaban J connectivity index is 1.83. The van der Waals surface area contributed by atoms with Crippen molar-refractivity contribution in [1.29, 1.82) is 0 Å². The summed E-state index contributed by atoms with van der Waals surface area (Å²) < 4.78 is 12.9. The van der Waals surface area contributed by atoms with Gasteiger partial charge in [-0.15, -0.1) is 11.3 Å². The third kappa shape index (κ3) is 3.04. The van der Waals surface area contributed by atoms with Crippen molar-refractivity contribution >= 4 is 17.2 Å². The molecular formula is C17H19FN2OS. The van der Waals surface area contributed by atoms with Crippen LogP contribution in [-0.4, -0.2) is 35.6 Å². The molecule has 1 atom stereocenters. The molecule has 2 heterocycles. The van der Waals surface area contributed by atoms with Gasteiger partial charge in [-0.2, -0.15) is 0 Å². The van der Waals surface area contributed by atoms with Crippen molar-refractivity contribution < 1.29 is 9.18 Å². The Morgan fingerprint density at radius 2 is 2.18 bits per heavy atom. The Morgan fingerprint density at radius 3 is 2.91 bits per heavy atom. The number of benzene rings is 1. The Morgan fingerprint density at radius 1 is 1.41 bits per heavy atom.